The van der Waals surface area contributed by atoms with Gasteiger partial charge in [-0.1, -0.05) is 553 Å². The zero-order valence-corrected chi connectivity index (χ0v) is 75.9. The van der Waals surface area contributed by atoms with Gasteiger partial charge in [-0.15, -0.1) is 0 Å². The van der Waals surface area contributed by atoms with Gasteiger partial charge in [0.05, 0.1) is 0 Å². The maximum Gasteiger partial charge on any atom is -0.0126 e. The summed E-state index contributed by atoms with van der Waals surface area (Å²) in [5.74, 6) is 0. The molecular weight excluding hydrogens is 1300 g/mol. The fraction of sp³-hybridized carbons (Fsp3) is 0.407. The van der Waals surface area contributed by atoms with Crippen molar-refractivity contribution in [3.63, 3.8) is 0 Å². The zero-order valence-electron chi connectivity index (χ0n) is 75.9. The molecule has 108 heavy (non-hydrogen) atoms. The van der Waals surface area contributed by atoms with Gasteiger partial charge in [0.25, 0.3) is 0 Å². The summed E-state index contributed by atoms with van der Waals surface area (Å²) >= 11 is 0. The minimum atomic E-state index is 0.187. The second kappa shape index (κ2) is 54.3. The van der Waals surface area contributed by atoms with Crippen molar-refractivity contribution in [2.75, 3.05) is 0 Å². The number of benzene rings is 11. The molecule has 0 bridgehead atoms. The van der Waals surface area contributed by atoms with Crippen LogP contribution in [0.3, 0.4) is 0 Å². The summed E-state index contributed by atoms with van der Waals surface area (Å²) in [6.07, 6.45) is 0. The summed E-state index contributed by atoms with van der Waals surface area (Å²) in [4.78, 5) is 0. The predicted octanol–water partition coefficient (Wildman–Crippen LogP) is 34.5. The van der Waals surface area contributed by atoms with Gasteiger partial charge in [0.1, 0.15) is 0 Å². The van der Waals surface area contributed by atoms with Crippen molar-refractivity contribution in [1.82, 2.24) is 0 Å². The van der Waals surface area contributed by atoms with Gasteiger partial charge in [-0.25, -0.2) is 0 Å². The topological polar surface area (TPSA) is 0 Å². The molecule has 11 rings (SSSR count). The van der Waals surface area contributed by atoms with Crippen LogP contribution in [0, 0.1) is 0 Å². The van der Waals surface area contributed by atoms with Gasteiger partial charge in [-0.2, -0.15) is 0 Å². The summed E-state index contributed by atoms with van der Waals surface area (Å²) in [6.45, 7) is 77.6. The van der Waals surface area contributed by atoms with Crippen molar-refractivity contribution >= 4 is 10.8 Å². The fourth-order valence-electron chi connectivity index (χ4n) is 10.4. The Morgan fingerprint density at radius 2 is 0.333 bits per heavy atom. The van der Waals surface area contributed by atoms with E-state index in [1.165, 1.54) is 77.5 Å². The summed E-state index contributed by atoms with van der Waals surface area (Å²) in [7, 11) is 0. The van der Waals surface area contributed by atoms with E-state index in [4.69, 9.17) is 0 Å². The molecule has 0 aliphatic carbocycles. The average Bonchev–Trinajstić information content (AvgIpc) is 0.806. The molecule has 0 heterocycles. The first kappa shape index (κ1) is 104. The molecule has 0 aliphatic rings. The van der Waals surface area contributed by atoms with E-state index in [0.717, 1.165) is 0 Å². The molecule has 590 valence electrons. The highest BCUT2D eigenvalue weighted by Crippen LogP contribution is 2.34. The molecule has 0 amide bonds. The molecule has 0 aromatic heterocycles. The fourth-order valence-corrected chi connectivity index (χ4v) is 10.4. The minimum Gasteiger partial charge on any atom is -0.0683 e. The summed E-state index contributed by atoms with van der Waals surface area (Å²) < 4.78 is 0. The standard InChI is InChI=1S/2C16H18.C14H16.5C10H14.6C2H6/c1-16(2,3)15-12-8-7-11-14(15)13-9-5-4-6-10-13;1-16(2,3)15-11-9-14(10-12-15)13-7-5-4-6-8-13;1-14(2,3)13-10-6-8-11-7-4-5-9-12(11)13;5*1-10(2,3)9-7-5-4-6-8-9;6*1-2/h2*4-12H,1-3H3;4-10H,1-3H3;5*4-8H,1-3H3;6*1-2H3. The van der Waals surface area contributed by atoms with Gasteiger partial charge in [-0.3, -0.25) is 0 Å². The van der Waals surface area contributed by atoms with E-state index in [-0.39, 0.29) is 16.2 Å². The van der Waals surface area contributed by atoms with E-state index < -0.39 is 0 Å². The Kier molecular flexibility index (Phi) is 52.2. The predicted molar refractivity (Wildman–Crippen MR) is 498 cm³/mol. The number of fused-ring (bicyclic) bond motifs is 1. The molecule has 0 radical (unpaired) electrons. The van der Waals surface area contributed by atoms with E-state index in [0.29, 0.717) is 27.1 Å². The van der Waals surface area contributed by atoms with Gasteiger partial charge in [-0.05, 0) is 121 Å². The Bertz CT molecular complexity index is 3550. The normalized spacial score (nSPS) is 10.6. The third kappa shape index (κ3) is 43.0. The Hall–Kier alpha value is -8.32. The van der Waals surface area contributed by atoms with E-state index in [1.54, 1.807) is 0 Å². The number of rotatable bonds is 2. The van der Waals surface area contributed by atoms with Crippen LogP contribution in [0.25, 0.3) is 33.0 Å². The maximum absolute atomic E-state index is 2.26. The molecular formula is C108H158. The molecule has 0 aliphatic heterocycles. The Morgan fingerprint density at radius 1 is 0.139 bits per heavy atom. The second-order valence-corrected chi connectivity index (χ2v) is 33.2. The van der Waals surface area contributed by atoms with Crippen molar-refractivity contribution in [2.45, 2.75) is 293 Å². The largest absolute Gasteiger partial charge is 0.0683 e. The van der Waals surface area contributed by atoms with Crippen LogP contribution < -0.4 is 0 Å². The van der Waals surface area contributed by atoms with Crippen LogP contribution in [0.2, 0.25) is 0 Å². The average molecular weight is 1460 g/mol. The van der Waals surface area contributed by atoms with Crippen LogP contribution in [-0.2, 0) is 43.3 Å². The van der Waals surface area contributed by atoms with Gasteiger partial charge in [0.15, 0.2) is 0 Å². The SMILES string of the molecule is CC.CC.CC.CC.CC.CC.CC(C)(C)c1ccc(-c2ccccc2)cc1.CC(C)(C)c1cccc2ccccc12.CC(C)(C)c1ccccc1.CC(C)(C)c1ccccc1.CC(C)(C)c1ccccc1.CC(C)(C)c1ccccc1.CC(C)(C)c1ccccc1.CC(C)(C)c1ccccc1-c1ccccc1. The first-order valence-electron chi connectivity index (χ1n) is 40.8. The van der Waals surface area contributed by atoms with Crippen LogP contribution in [0.5, 0.6) is 0 Å². The van der Waals surface area contributed by atoms with Gasteiger partial charge >= 0.3 is 0 Å². The Balaban J connectivity index is -0.00000115. The van der Waals surface area contributed by atoms with Gasteiger partial charge < -0.3 is 0 Å². The first-order chi connectivity index (χ1) is 50.8. The lowest BCUT2D eigenvalue weighted by molar-refractivity contribution is 0.590. The molecule has 0 fully saturated rings. The van der Waals surface area contributed by atoms with Gasteiger partial charge in [0, 0.05) is 0 Å². The highest BCUT2D eigenvalue weighted by Gasteiger charge is 2.20. The van der Waals surface area contributed by atoms with E-state index in [1.807, 2.05) is 89.2 Å². The van der Waals surface area contributed by atoms with Crippen LogP contribution in [0.1, 0.15) is 294 Å². The lowest BCUT2D eigenvalue weighted by Crippen LogP contribution is -2.12. The minimum absolute atomic E-state index is 0.187. The lowest BCUT2D eigenvalue weighted by Gasteiger charge is -2.23. The molecule has 11 aromatic rings. The van der Waals surface area contributed by atoms with E-state index in [2.05, 4.69) is 463 Å². The van der Waals surface area contributed by atoms with Crippen LogP contribution in [0.15, 0.2) is 303 Å². The monoisotopic (exact) mass is 1460 g/mol. The highest BCUT2D eigenvalue weighted by atomic mass is 14.2. The molecule has 0 saturated heterocycles. The Labute approximate surface area is 669 Å². The highest BCUT2D eigenvalue weighted by molar-refractivity contribution is 5.86. The molecule has 0 heteroatoms. The zero-order chi connectivity index (χ0) is 83.4. The summed E-state index contributed by atoms with van der Waals surface area (Å²) in [5.41, 5.74) is 18.5. The van der Waals surface area contributed by atoms with Gasteiger partial charge in [0.2, 0.25) is 0 Å². The smallest absolute Gasteiger partial charge is 0.0126 e. The van der Waals surface area contributed by atoms with Crippen molar-refractivity contribution in [3.8, 4) is 22.3 Å². The third-order valence-electron chi connectivity index (χ3n) is 16.5. The van der Waals surface area contributed by atoms with Crippen LogP contribution in [-0.4, -0.2) is 0 Å². The molecule has 0 atom stereocenters. The first-order valence-corrected chi connectivity index (χ1v) is 40.8. The third-order valence-corrected chi connectivity index (χ3v) is 16.5. The molecule has 0 nitrogen and oxygen atoms in total. The maximum atomic E-state index is 2.26. The van der Waals surface area contributed by atoms with E-state index in [9.17, 15) is 0 Å². The molecule has 0 unspecified atom stereocenters. The quantitative estimate of drug-likeness (QED) is 0.162. The Morgan fingerprint density at radius 3 is 0.593 bits per heavy atom. The number of hydrogen-bond donors (Lipinski definition) is 0. The molecule has 11 aromatic carbocycles. The van der Waals surface area contributed by atoms with Crippen molar-refractivity contribution < 1.29 is 0 Å². The van der Waals surface area contributed by atoms with Crippen molar-refractivity contribution in [2.24, 2.45) is 0 Å². The number of hydrogen-bond acceptors (Lipinski definition) is 0. The summed E-state index contributed by atoms with van der Waals surface area (Å²) in [6, 6.07) is 106. The van der Waals surface area contributed by atoms with Crippen molar-refractivity contribution in [1.29, 1.82) is 0 Å². The lowest BCUT2D eigenvalue weighted by atomic mass is 9.82. The second-order valence-electron chi connectivity index (χ2n) is 33.2. The summed E-state index contributed by atoms with van der Waals surface area (Å²) in [5, 5.41) is 2.71. The molecule has 0 N–H and O–H groups in total. The molecule has 0 saturated carbocycles. The molecule has 0 spiro atoms. The van der Waals surface area contributed by atoms with Crippen molar-refractivity contribution in [3.05, 3.63) is 348 Å². The van der Waals surface area contributed by atoms with E-state index >= 15 is 0 Å². The van der Waals surface area contributed by atoms with Crippen LogP contribution in [0.4, 0.5) is 0 Å². The van der Waals surface area contributed by atoms with Crippen LogP contribution >= 0.6 is 0 Å².